The first kappa shape index (κ1) is 24.9. The lowest BCUT2D eigenvalue weighted by atomic mass is 9.81. The summed E-state index contributed by atoms with van der Waals surface area (Å²) in [5, 5.41) is 15.4. The van der Waals surface area contributed by atoms with Crippen molar-refractivity contribution in [2.75, 3.05) is 0 Å². The monoisotopic (exact) mass is 469 g/mol. The number of carbonyl (C=O) groups excluding carboxylic acids is 1. The van der Waals surface area contributed by atoms with Crippen LogP contribution in [0.1, 0.15) is 60.8 Å². The zero-order valence-electron chi connectivity index (χ0n) is 20.2. The van der Waals surface area contributed by atoms with Gasteiger partial charge in [-0.25, -0.2) is 4.79 Å². The molecule has 35 heavy (non-hydrogen) atoms. The van der Waals surface area contributed by atoms with Gasteiger partial charge >= 0.3 is 5.97 Å². The molecule has 4 rings (SSSR count). The minimum atomic E-state index is -1.80. The van der Waals surface area contributed by atoms with E-state index < -0.39 is 17.6 Å². The third-order valence-electron chi connectivity index (χ3n) is 6.96. The van der Waals surface area contributed by atoms with Crippen LogP contribution in [0.15, 0.2) is 104 Å². The Hall–Kier alpha value is -3.21. The van der Waals surface area contributed by atoms with Gasteiger partial charge in [0.25, 0.3) is 0 Å². The Morgan fingerprint density at radius 3 is 2.23 bits per heavy atom. The lowest BCUT2D eigenvalue weighted by molar-refractivity contribution is -0.177. The molecule has 1 saturated carbocycles. The molecule has 0 aliphatic heterocycles. The lowest BCUT2D eigenvalue weighted by Gasteiger charge is -2.38. The largest absolute Gasteiger partial charge is 0.460 e. The molecular formula is C31H35NO3. The maximum atomic E-state index is 13.8. The maximum absolute atomic E-state index is 13.8. The van der Waals surface area contributed by atoms with Gasteiger partial charge in [-0.05, 0) is 36.0 Å². The standard InChI is InChI=1S/C31H35NO3/c1-2-22-31(34,29(26-18-10-5-11-19-26)32-23-24-14-6-3-7-15-24)30(33)35-28-21-13-12-20-27(28)25-16-8-4-9-17-25/h2-11,14-19,27-29,32,34H,1,12-13,20-23H2/t27-,28+,29-,31+/m0/s1. The first-order valence-electron chi connectivity index (χ1n) is 12.5. The SMILES string of the molecule is C=CC[C@](O)(C(=O)O[C@@H]1CCCC[C@H]1c1ccccc1)[C@@H](NCc1ccccc1)c1ccccc1. The van der Waals surface area contributed by atoms with Crippen molar-refractivity contribution in [3.63, 3.8) is 0 Å². The highest BCUT2D eigenvalue weighted by Crippen LogP contribution is 2.38. The normalized spacial score (nSPS) is 20.4. The lowest BCUT2D eigenvalue weighted by Crippen LogP contribution is -2.52. The van der Waals surface area contributed by atoms with Gasteiger partial charge in [0.1, 0.15) is 6.10 Å². The van der Waals surface area contributed by atoms with Gasteiger partial charge in [-0.15, -0.1) is 6.58 Å². The van der Waals surface area contributed by atoms with Gasteiger partial charge in [-0.3, -0.25) is 0 Å². The Balaban J connectivity index is 1.61. The molecule has 1 aliphatic rings. The Labute approximate surface area is 208 Å². The molecule has 0 aromatic heterocycles. The second-order valence-electron chi connectivity index (χ2n) is 9.37. The van der Waals surface area contributed by atoms with Crippen molar-refractivity contribution in [3.05, 3.63) is 120 Å². The van der Waals surface area contributed by atoms with Gasteiger partial charge in [-0.2, -0.15) is 0 Å². The highest BCUT2D eigenvalue weighted by atomic mass is 16.6. The van der Waals surface area contributed by atoms with Crippen molar-refractivity contribution >= 4 is 5.97 Å². The Morgan fingerprint density at radius 1 is 0.971 bits per heavy atom. The average Bonchev–Trinajstić information content (AvgIpc) is 2.91. The third kappa shape index (κ3) is 6.08. The van der Waals surface area contributed by atoms with E-state index in [1.807, 2.05) is 78.9 Å². The average molecular weight is 470 g/mol. The molecule has 0 radical (unpaired) electrons. The van der Waals surface area contributed by atoms with Crippen LogP contribution < -0.4 is 5.32 Å². The number of benzene rings is 3. The minimum Gasteiger partial charge on any atom is -0.460 e. The van der Waals surface area contributed by atoms with Crippen LogP contribution in [0.4, 0.5) is 0 Å². The Morgan fingerprint density at radius 2 is 1.57 bits per heavy atom. The number of ether oxygens (including phenoxy) is 1. The number of aliphatic hydroxyl groups is 1. The van der Waals surface area contributed by atoms with Crippen LogP contribution in [0.2, 0.25) is 0 Å². The van der Waals surface area contributed by atoms with E-state index in [-0.39, 0.29) is 18.4 Å². The molecule has 3 aromatic rings. The fraction of sp³-hybridized carbons (Fsp3) is 0.323. The molecule has 0 amide bonds. The van der Waals surface area contributed by atoms with Crippen molar-refractivity contribution < 1.29 is 14.6 Å². The fourth-order valence-electron chi connectivity index (χ4n) is 5.12. The summed E-state index contributed by atoms with van der Waals surface area (Å²) in [6.45, 7) is 4.34. The van der Waals surface area contributed by atoms with E-state index >= 15 is 0 Å². The summed E-state index contributed by atoms with van der Waals surface area (Å²) in [5.74, 6) is -0.464. The van der Waals surface area contributed by atoms with E-state index in [9.17, 15) is 9.90 Å². The summed E-state index contributed by atoms with van der Waals surface area (Å²) in [6.07, 6.45) is 5.29. The van der Waals surface area contributed by atoms with Gasteiger partial charge in [0.2, 0.25) is 0 Å². The van der Waals surface area contributed by atoms with E-state index in [1.54, 1.807) is 6.08 Å². The molecule has 4 atom stereocenters. The molecular weight excluding hydrogens is 434 g/mol. The summed E-state index contributed by atoms with van der Waals surface area (Å²) < 4.78 is 6.15. The van der Waals surface area contributed by atoms with Crippen LogP contribution in [-0.2, 0) is 16.1 Å². The number of esters is 1. The van der Waals surface area contributed by atoms with E-state index in [1.165, 1.54) is 5.56 Å². The fourth-order valence-corrected chi connectivity index (χ4v) is 5.12. The highest BCUT2D eigenvalue weighted by molar-refractivity contribution is 5.81. The summed E-state index contributed by atoms with van der Waals surface area (Å²) in [4.78, 5) is 13.8. The van der Waals surface area contributed by atoms with Crippen molar-refractivity contribution in [3.8, 4) is 0 Å². The van der Waals surface area contributed by atoms with Crippen LogP contribution in [0.3, 0.4) is 0 Å². The molecule has 182 valence electrons. The predicted molar refractivity (Wildman–Crippen MR) is 140 cm³/mol. The van der Waals surface area contributed by atoms with E-state index in [4.69, 9.17) is 4.74 Å². The molecule has 1 fully saturated rings. The van der Waals surface area contributed by atoms with Gasteiger partial charge in [0.15, 0.2) is 5.60 Å². The molecule has 0 bridgehead atoms. The van der Waals surface area contributed by atoms with Crippen LogP contribution in [-0.4, -0.2) is 22.8 Å². The summed E-state index contributed by atoms with van der Waals surface area (Å²) >= 11 is 0. The Kier molecular flexibility index (Phi) is 8.51. The number of rotatable bonds is 10. The number of hydrogen-bond donors (Lipinski definition) is 2. The molecule has 4 heteroatoms. The van der Waals surface area contributed by atoms with E-state index in [0.29, 0.717) is 6.54 Å². The predicted octanol–water partition coefficient (Wildman–Crippen LogP) is 6.09. The second kappa shape index (κ2) is 12.0. The quantitative estimate of drug-likeness (QED) is 0.278. The summed E-state index contributed by atoms with van der Waals surface area (Å²) in [5.41, 5.74) is 1.28. The zero-order valence-corrected chi connectivity index (χ0v) is 20.2. The summed E-state index contributed by atoms with van der Waals surface area (Å²) in [7, 11) is 0. The number of hydrogen-bond acceptors (Lipinski definition) is 4. The van der Waals surface area contributed by atoms with Gasteiger partial charge < -0.3 is 15.2 Å². The molecule has 2 N–H and O–H groups in total. The van der Waals surface area contributed by atoms with Crippen molar-refractivity contribution in [1.82, 2.24) is 5.32 Å². The van der Waals surface area contributed by atoms with Crippen molar-refractivity contribution in [2.24, 2.45) is 0 Å². The first-order valence-corrected chi connectivity index (χ1v) is 12.5. The summed E-state index contributed by atoms with van der Waals surface area (Å²) in [6, 6.07) is 29.2. The van der Waals surface area contributed by atoms with E-state index in [0.717, 1.165) is 36.8 Å². The zero-order chi connectivity index (χ0) is 24.5. The maximum Gasteiger partial charge on any atom is 0.340 e. The molecule has 4 nitrogen and oxygen atoms in total. The third-order valence-corrected chi connectivity index (χ3v) is 6.96. The van der Waals surface area contributed by atoms with E-state index in [2.05, 4.69) is 24.0 Å². The van der Waals surface area contributed by atoms with Crippen molar-refractivity contribution in [1.29, 1.82) is 0 Å². The van der Waals surface area contributed by atoms with Crippen LogP contribution >= 0.6 is 0 Å². The topological polar surface area (TPSA) is 58.6 Å². The van der Waals surface area contributed by atoms with Crippen LogP contribution in [0.5, 0.6) is 0 Å². The first-order chi connectivity index (χ1) is 17.1. The van der Waals surface area contributed by atoms with Gasteiger partial charge in [0.05, 0.1) is 6.04 Å². The van der Waals surface area contributed by atoms with Gasteiger partial charge in [-0.1, -0.05) is 103 Å². The molecule has 3 aromatic carbocycles. The minimum absolute atomic E-state index is 0.0793. The smallest absolute Gasteiger partial charge is 0.340 e. The van der Waals surface area contributed by atoms with Crippen LogP contribution in [0, 0.1) is 0 Å². The molecule has 0 unspecified atom stereocenters. The molecule has 1 aliphatic carbocycles. The second-order valence-corrected chi connectivity index (χ2v) is 9.37. The van der Waals surface area contributed by atoms with Crippen molar-refractivity contribution in [2.45, 2.75) is 62.3 Å². The molecule has 0 saturated heterocycles. The molecule has 0 spiro atoms. The number of carbonyl (C=O) groups is 1. The van der Waals surface area contributed by atoms with Crippen LogP contribution in [0.25, 0.3) is 0 Å². The highest BCUT2D eigenvalue weighted by Gasteiger charge is 2.47. The Bertz CT molecular complexity index is 1070. The van der Waals surface area contributed by atoms with Gasteiger partial charge in [0, 0.05) is 18.9 Å². The molecule has 0 heterocycles. The number of nitrogens with one attached hydrogen (secondary N) is 1.